The molecule has 0 spiro atoms. The fourth-order valence-electron chi connectivity index (χ4n) is 2.36. The van der Waals surface area contributed by atoms with E-state index in [1.807, 2.05) is 13.8 Å². The van der Waals surface area contributed by atoms with Crippen LogP contribution in [0.25, 0.3) is 0 Å². The minimum absolute atomic E-state index is 0.210. The van der Waals surface area contributed by atoms with Crippen molar-refractivity contribution in [1.29, 1.82) is 0 Å². The van der Waals surface area contributed by atoms with E-state index in [-0.39, 0.29) is 5.78 Å². The highest BCUT2D eigenvalue weighted by Gasteiger charge is 2.52. The molecule has 102 valence electrons. The van der Waals surface area contributed by atoms with E-state index < -0.39 is 17.9 Å². The molecule has 0 bridgehead atoms. The lowest BCUT2D eigenvalue weighted by Gasteiger charge is -2.31. The van der Waals surface area contributed by atoms with Gasteiger partial charge in [0.15, 0.2) is 5.78 Å². The number of Topliss-reactive ketones (excluding diaryl/α,β-unsaturated/α-hetero) is 1. The fraction of sp³-hybridized carbons (Fsp3) is 0.538. The zero-order valence-corrected chi connectivity index (χ0v) is 11.6. The van der Waals surface area contributed by atoms with Gasteiger partial charge in [0.2, 0.25) is 5.92 Å². The second-order valence-corrected chi connectivity index (χ2v) is 5.33. The van der Waals surface area contributed by atoms with E-state index in [0.29, 0.717) is 23.7 Å². The SMILES string of the molecule is CC(C)CC1=C[NH+]=C2C(C1=O)C(=O)N(C)C(=O)N2C. The average Bonchev–Trinajstić information content (AvgIpc) is 2.35. The lowest BCUT2D eigenvalue weighted by atomic mass is 9.87. The maximum absolute atomic E-state index is 12.4. The molecule has 1 unspecified atom stereocenters. The summed E-state index contributed by atoms with van der Waals surface area (Å²) >= 11 is 0. The Hall–Kier alpha value is -1.98. The molecule has 0 saturated carbocycles. The molecule has 1 saturated heterocycles. The second kappa shape index (κ2) is 4.60. The van der Waals surface area contributed by atoms with E-state index in [1.54, 1.807) is 13.2 Å². The molecule has 6 heteroatoms. The summed E-state index contributed by atoms with van der Waals surface area (Å²) in [5, 5.41) is 0. The number of rotatable bonds is 2. The number of ketones is 1. The Balaban J connectivity index is 2.41. The first-order valence-electron chi connectivity index (χ1n) is 6.26. The number of amidine groups is 1. The minimum Gasteiger partial charge on any atom is -0.293 e. The summed E-state index contributed by atoms with van der Waals surface area (Å²) in [6.45, 7) is 4.02. The highest BCUT2D eigenvalue weighted by molar-refractivity contribution is 6.29. The van der Waals surface area contributed by atoms with Crippen LogP contribution in [0, 0.1) is 11.8 Å². The van der Waals surface area contributed by atoms with Crippen molar-refractivity contribution >= 4 is 23.6 Å². The Kier molecular flexibility index (Phi) is 3.26. The van der Waals surface area contributed by atoms with Gasteiger partial charge in [-0.2, -0.15) is 4.90 Å². The van der Waals surface area contributed by atoms with Crippen LogP contribution in [0.2, 0.25) is 0 Å². The minimum atomic E-state index is -0.911. The summed E-state index contributed by atoms with van der Waals surface area (Å²) in [6, 6.07) is -0.433. The lowest BCUT2D eigenvalue weighted by Crippen LogP contribution is -2.80. The van der Waals surface area contributed by atoms with Gasteiger partial charge in [0.25, 0.3) is 11.7 Å². The van der Waals surface area contributed by atoms with Gasteiger partial charge in [0.1, 0.15) is 0 Å². The van der Waals surface area contributed by atoms with Crippen molar-refractivity contribution in [3.05, 3.63) is 11.8 Å². The number of nitrogens with zero attached hydrogens (tertiary/aromatic N) is 2. The molecule has 0 aromatic rings. The Bertz CT molecular complexity index is 519. The summed E-state index contributed by atoms with van der Waals surface area (Å²) in [6.07, 6.45) is 2.22. The number of carbonyl (C=O) groups is 3. The molecule has 2 rings (SSSR count). The third kappa shape index (κ3) is 2.07. The van der Waals surface area contributed by atoms with Crippen LogP contribution in [-0.2, 0) is 9.59 Å². The number of imide groups is 1. The molecule has 0 aromatic carbocycles. The molecule has 1 fully saturated rings. The number of hydrogen-bond acceptors (Lipinski definition) is 3. The first-order valence-corrected chi connectivity index (χ1v) is 6.26. The summed E-state index contributed by atoms with van der Waals surface area (Å²) < 4.78 is 0. The topological polar surface area (TPSA) is 71.7 Å². The lowest BCUT2D eigenvalue weighted by molar-refractivity contribution is -0.384. The van der Waals surface area contributed by atoms with Gasteiger partial charge in [-0.05, 0) is 12.3 Å². The first kappa shape index (κ1) is 13.5. The first-order chi connectivity index (χ1) is 8.84. The van der Waals surface area contributed by atoms with Gasteiger partial charge in [0.05, 0.1) is 13.2 Å². The second-order valence-electron chi connectivity index (χ2n) is 5.33. The highest BCUT2D eigenvalue weighted by Crippen LogP contribution is 2.22. The Labute approximate surface area is 111 Å². The van der Waals surface area contributed by atoms with E-state index in [4.69, 9.17) is 0 Å². The van der Waals surface area contributed by atoms with Crippen LogP contribution < -0.4 is 4.99 Å². The summed E-state index contributed by atoms with van der Waals surface area (Å²) in [5.74, 6) is -0.907. The number of hydrogen-bond donors (Lipinski definition) is 1. The predicted molar refractivity (Wildman–Crippen MR) is 67.9 cm³/mol. The molecule has 3 amide bonds. The van der Waals surface area contributed by atoms with E-state index in [1.165, 1.54) is 11.9 Å². The van der Waals surface area contributed by atoms with Crippen LogP contribution >= 0.6 is 0 Å². The third-order valence-electron chi connectivity index (χ3n) is 3.39. The van der Waals surface area contributed by atoms with Gasteiger partial charge in [-0.1, -0.05) is 13.8 Å². The van der Waals surface area contributed by atoms with E-state index >= 15 is 0 Å². The molecule has 0 radical (unpaired) electrons. The highest BCUT2D eigenvalue weighted by atomic mass is 16.2. The van der Waals surface area contributed by atoms with Crippen LogP contribution in [0.15, 0.2) is 11.8 Å². The molecular formula is C13H18N3O3+. The Morgan fingerprint density at radius 1 is 1.21 bits per heavy atom. The fourth-order valence-corrected chi connectivity index (χ4v) is 2.36. The van der Waals surface area contributed by atoms with Crippen molar-refractivity contribution in [3.63, 3.8) is 0 Å². The van der Waals surface area contributed by atoms with Gasteiger partial charge >= 0.3 is 6.03 Å². The van der Waals surface area contributed by atoms with E-state index in [9.17, 15) is 14.4 Å². The number of urea groups is 1. The number of amides is 3. The summed E-state index contributed by atoms with van der Waals surface area (Å²) in [7, 11) is 2.95. The number of nitrogens with one attached hydrogen (secondary N) is 1. The van der Waals surface area contributed by atoms with Gasteiger partial charge in [-0.3, -0.25) is 9.59 Å². The van der Waals surface area contributed by atoms with Crippen molar-refractivity contribution in [1.82, 2.24) is 9.80 Å². The number of allylic oxidation sites excluding steroid dienone is 1. The molecular weight excluding hydrogens is 246 g/mol. The van der Waals surface area contributed by atoms with E-state index in [0.717, 1.165) is 4.90 Å². The number of carbonyl (C=O) groups excluding carboxylic acids is 3. The van der Waals surface area contributed by atoms with Crippen molar-refractivity contribution in [2.75, 3.05) is 14.1 Å². The van der Waals surface area contributed by atoms with E-state index in [2.05, 4.69) is 4.99 Å². The van der Waals surface area contributed by atoms with Crippen LogP contribution in [0.3, 0.4) is 0 Å². The van der Waals surface area contributed by atoms with Crippen molar-refractivity contribution in [2.45, 2.75) is 20.3 Å². The van der Waals surface area contributed by atoms with Crippen LogP contribution in [-0.4, -0.2) is 47.5 Å². The molecule has 1 atom stereocenters. The monoisotopic (exact) mass is 264 g/mol. The smallest absolute Gasteiger partial charge is 0.293 e. The third-order valence-corrected chi connectivity index (χ3v) is 3.39. The maximum atomic E-state index is 12.4. The predicted octanol–water partition coefficient (Wildman–Crippen LogP) is -0.882. The molecule has 0 aliphatic carbocycles. The zero-order valence-electron chi connectivity index (χ0n) is 11.6. The van der Waals surface area contributed by atoms with Crippen LogP contribution in [0.5, 0.6) is 0 Å². The van der Waals surface area contributed by atoms with Gasteiger partial charge < -0.3 is 0 Å². The van der Waals surface area contributed by atoms with Crippen molar-refractivity contribution in [2.24, 2.45) is 11.8 Å². The molecule has 2 heterocycles. The van der Waals surface area contributed by atoms with Gasteiger partial charge in [-0.25, -0.2) is 14.7 Å². The standard InChI is InChI=1S/C13H17N3O3/c1-7(2)5-8-6-14-11-9(10(8)17)12(18)16(4)13(19)15(11)3/h6-7,9H,5H2,1-4H3/p+1. The van der Waals surface area contributed by atoms with Crippen LogP contribution in [0.4, 0.5) is 4.79 Å². The van der Waals surface area contributed by atoms with Crippen molar-refractivity contribution in [3.8, 4) is 0 Å². The molecule has 0 aromatic heterocycles. The zero-order chi connectivity index (χ0) is 14.3. The maximum Gasteiger partial charge on any atom is 0.417 e. The Morgan fingerprint density at radius 3 is 2.42 bits per heavy atom. The number of fused-ring (bicyclic) bond motifs is 1. The quantitative estimate of drug-likeness (QED) is 0.658. The largest absolute Gasteiger partial charge is 0.417 e. The molecule has 1 N–H and O–H groups in total. The summed E-state index contributed by atoms with van der Waals surface area (Å²) in [4.78, 5) is 41.5. The molecule has 2 aliphatic heterocycles. The average molecular weight is 264 g/mol. The summed E-state index contributed by atoms with van der Waals surface area (Å²) in [5.41, 5.74) is 0.605. The normalized spacial score (nSPS) is 23.6. The Morgan fingerprint density at radius 2 is 1.84 bits per heavy atom. The molecule has 2 aliphatic rings. The van der Waals surface area contributed by atoms with Gasteiger partial charge in [0, 0.05) is 12.6 Å². The molecule has 19 heavy (non-hydrogen) atoms. The van der Waals surface area contributed by atoms with Crippen molar-refractivity contribution < 1.29 is 19.4 Å². The van der Waals surface area contributed by atoms with Gasteiger partial charge in [-0.15, -0.1) is 0 Å². The molecule has 6 nitrogen and oxygen atoms in total. The van der Waals surface area contributed by atoms with Crippen LogP contribution in [0.1, 0.15) is 20.3 Å².